The Bertz CT molecular complexity index is 216. The van der Waals surface area contributed by atoms with Crippen molar-refractivity contribution >= 4 is 17.6 Å². The predicted octanol–water partition coefficient (Wildman–Crippen LogP) is 0.744. The van der Waals surface area contributed by atoms with Gasteiger partial charge in [0, 0.05) is 6.20 Å². The Hall–Kier alpha value is -0.900. The fraction of sp³-hybridized carbons (Fsp3) is 0.200. The standard InChI is InChI=1S/C5H7N3S/c1-4-7-2-5(9-4)3-8-6/h2-3H,6H2,1H3/b8-3-. The SMILES string of the molecule is Cc1ncc(/C=N\N)s1. The van der Waals surface area contributed by atoms with Gasteiger partial charge >= 0.3 is 0 Å². The Morgan fingerprint density at radius 3 is 3.11 bits per heavy atom. The van der Waals surface area contributed by atoms with Crippen molar-refractivity contribution in [2.24, 2.45) is 10.9 Å². The summed E-state index contributed by atoms with van der Waals surface area (Å²) in [7, 11) is 0. The quantitative estimate of drug-likeness (QED) is 0.356. The van der Waals surface area contributed by atoms with Crippen molar-refractivity contribution in [2.45, 2.75) is 6.92 Å². The van der Waals surface area contributed by atoms with Gasteiger partial charge in [0.1, 0.15) is 0 Å². The third-order valence-corrected chi connectivity index (χ3v) is 1.69. The predicted molar refractivity (Wildman–Crippen MR) is 38.6 cm³/mol. The number of rotatable bonds is 1. The average molecular weight is 141 g/mol. The minimum absolute atomic E-state index is 0.995. The van der Waals surface area contributed by atoms with E-state index in [0.717, 1.165) is 9.88 Å². The molecule has 0 aromatic carbocycles. The molecule has 4 heteroatoms. The minimum atomic E-state index is 0.995. The van der Waals surface area contributed by atoms with Gasteiger partial charge in [-0.1, -0.05) is 0 Å². The van der Waals surface area contributed by atoms with E-state index in [9.17, 15) is 0 Å². The van der Waals surface area contributed by atoms with Crippen molar-refractivity contribution in [3.63, 3.8) is 0 Å². The van der Waals surface area contributed by atoms with Gasteiger partial charge < -0.3 is 5.84 Å². The maximum absolute atomic E-state index is 4.92. The highest BCUT2D eigenvalue weighted by atomic mass is 32.1. The highest BCUT2D eigenvalue weighted by Crippen LogP contribution is 2.07. The lowest BCUT2D eigenvalue weighted by molar-refractivity contribution is 1.26. The molecule has 1 rings (SSSR count). The Labute approximate surface area is 57.2 Å². The van der Waals surface area contributed by atoms with Crippen molar-refractivity contribution in [3.05, 3.63) is 16.1 Å². The zero-order valence-electron chi connectivity index (χ0n) is 5.03. The summed E-state index contributed by atoms with van der Waals surface area (Å²) in [5, 5.41) is 4.40. The van der Waals surface area contributed by atoms with Crippen molar-refractivity contribution in [3.8, 4) is 0 Å². The molecular formula is C5H7N3S. The number of hydrazone groups is 1. The first-order valence-electron chi connectivity index (χ1n) is 2.48. The lowest BCUT2D eigenvalue weighted by atomic mass is 10.6. The largest absolute Gasteiger partial charge is 0.323 e. The number of aryl methyl sites for hydroxylation is 1. The monoisotopic (exact) mass is 141 g/mol. The van der Waals surface area contributed by atoms with Gasteiger partial charge in [-0.05, 0) is 6.92 Å². The maximum Gasteiger partial charge on any atom is 0.0900 e. The number of thiazole rings is 1. The van der Waals surface area contributed by atoms with E-state index in [1.807, 2.05) is 6.92 Å². The van der Waals surface area contributed by atoms with Crippen LogP contribution in [-0.2, 0) is 0 Å². The molecule has 0 aliphatic rings. The molecule has 48 valence electrons. The highest BCUT2D eigenvalue weighted by Gasteiger charge is 1.90. The second-order valence-electron chi connectivity index (χ2n) is 1.56. The van der Waals surface area contributed by atoms with Crippen molar-refractivity contribution in [2.75, 3.05) is 0 Å². The van der Waals surface area contributed by atoms with E-state index in [2.05, 4.69) is 10.1 Å². The van der Waals surface area contributed by atoms with E-state index in [0.29, 0.717) is 0 Å². The third kappa shape index (κ3) is 1.50. The van der Waals surface area contributed by atoms with Crippen LogP contribution in [0.4, 0.5) is 0 Å². The van der Waals surface area contributed by atoms with E-state index in [1.54, 1.807) is 23.7 Å². The van der Waals surface area contributed by atoms with Gasteiger partial charge in [0.15, 0.2) is 0 Å². The normalized spacial score (nSPS) is 10.8. The molecule has 0 aliphatic carbocycles. The van der Waals surface area contributed by atoms with E-state index in [1.165, 1.54) is 0 Å². The topological polar surface area (TPSA) is 51.3 Å². The molecule has 1 aromatic heterocycles. The summed E-state index contributed by atoms with van der Waals surface area (Å²) in [6.07, 6.45) is 3.33. The van der Waals surface area contributed by atoms with Crippen LogP contribution in [0.2, 0.25) is 0 Å². The average Bonchev–Trinajstić information content (AvgIpc) is 2.17. The van der Waals surface area contributed by atoms with Crippen LogP contribution in [0.3, 0.4) is 0 Å². The molecular weight excluding hydrogens is 134 g/mol. The van der Waals surface area contributed by atoms with Gasteiger partial charge in [-0.3, -0.25) is 0 Å². The summed E-state index contributed by atoms with van der Waals surface area (Å²) >= 11 is 1.57. The summed E-state index contributed by atoms with van der Waals surface area (Å²) < 4.78 is 0. The Morgan fingerprint density at radius 1 is 1.89 bits per heavy atom. The van der Waals surface area contributed by atoms with Gasteiger partial charge in [-0.15, -0.1) is 11.3 Å². The van der Waals surface area contributed by atoms with E-state index in [-0.39, 0.29) is 0 Å². The molecule has 0 radical (unpaired) electrons. The van der Waals surface area contributed by atoms with Gasteiger partial charge in [-0.2, -0.15) is 5.10 Å². The van der Waals surface area contributed by atoms with E-state index < -0.39 is 0 Å². The molecule has 0 amide bonds. The van der Waals surface area contributed by atoms with Gasteiger partial charge in [0.05, 0.1) is 16.1 Å². The lowest BCUT2D eigenvalue weighted by Gasteiger charge is -1.74. The van der Waals surface area contributed by atoms with Gasteiger partial charge in [0.25, 0.3) is 0 Å². The van der Waals surface area contributed by atoms with Crippen LogP contribution in [0.15, 0.2) is 11.3 Å². The minimum Gasteiger partial charge on any atom is -0.323 e. The van der Waals surface area contributed by atoms with E-state index >= 15 is 0 Å². The molecule has 3 nitrogen and oxygen atoms in total. The summed E-state index contributed by atoms with van der Waals surface area (Å²) in [5.74, 6) is 4.92. The van der Waals surface area contributed by atoms with Crippen LogP contribution >= 0.6 is 11.3 Å². The fourth-order valence-corrected chi connectivity index (χ4v) is 1.18. The second-order valence-corrected chi connectivity index (χ2v) is 2.83. The molecule has 0 atom stereocenters. The fourth-order valence-electron chi connectivity index (χ4n) is 0.511. The third-order valence-electron chi connectivity index (χ3n) is 0.841. The zero-order chi connectivity index (χ0) is 6.69. The summed E-state index contributed by atoms with van der Waals surface area (Å²) in [5.41, 5.74) is 0. The molecule has 2 N–H and O–H groups in total. The molecule has 0 spiro atoms. The second kappa shape index (κ2) is 2.59. The molecule has 1 aromatic rings. The molecule has 0 aliphatic heterocycles. The number of nitrogens with two attached hydrogens (primary N) is 1. The molecule has 0 fully saturated rings. The van der Waals surface area contributed by atoms with Crippen molar-refractivity contribution in [1.29, 1.82) is 0 Å². The molecule has 9 heavy (non-hydrogen) atoms. The molecule has 0 bridgehead atoms. The van der Waals surface area contributed by atoms with Crippen LogP contribution < -0.4 is 5.84 Å². The van der Waals surface area contributed by atoms with Crippen molar-refractivity contribution < 1.29 is 0 Å². The van der Waals surface area contributed by atoms with Crippen LogP contribution in [0.1, 0.15) is 9.88 Å². The number of nitrogens with zero attached hydrogens (tertiary/aromatic N) is 2. The van der Waals surface area contributed by atoms with Crippen LogP contribution in [0.25, 0.3) is 0 Å². The number of aromatic nitrogens is 1. The maximum atomic E-state index is 4.92. The zero-order valence-corrected chi connectivity index (χ0v) is 5.85. The van der Waals surface area contributed by atoms with E-state index in [4.69, 9.17) is 5.84 Å². The van der Waals surface area contributed by atoms with Crippen molar-refractivity contribution in [1.82, 2.24) is 4.98 Å². The lowest BCUT2D eigenvalue weighted by Crippen LogP contribution is -1.80. The Kier molecular flexibility index (Phi) is 1.79. The summed E-state index contributed by atoms with van der Waals surface area (Å²) in [6, 6.07) is 0. The summed E-state index contributed by atoms with van der Waals surface area (Å²) in [6.45, 7) is 1.94. The first-order valence-corrected chi connectivity index (χ1v) is 3.30. The summed E-state index contributed by atoms with van der Waals surface area (Å²) in [4.78, 5) is 5.00. The van der Waals surface area contributed by atoms with Crippen LogP contribution in [0.5, 0.6) is 0 Å². The Morgan fingerprint density at radius 2 is 2.67 bits per heavy atom. The van der Waals surface area contributed by atoms with Gasteiger partial charge in [0.2, 0.25) is 0 Å². The van der Waals surface area contributed by atoms with Gasteiger partial charge in [-0.25, -0.2) is 4.98 Å². The van der Waals surface area contributed by atoms with Crippen LogP contribution in [0, 0.1) is 6.92 Å². The first kappa shape index (κ1) is 6.22. The van der Waals surface area contributed by atoms with Crippen LogP contribution in [-0.4, -0.2) is 11.2 Å². The molecule has 0 saturated carbocycles. The molecule has 1 heterocycles. The Balaban J connectivity index is 2.85. The highest BCUT2D eigenvalue weighted by molar-refractivity contribution is 7.13. The molecule has 0 unspecified atom stereocenters. The first-order chi connectivity index (χ1) is 4.33. The number of hydrogen-bond acceptors (Lipinski definition) is 4. The number of hydrogen-bond donors (Lipinski definition) is 1. The molecule has 0 saturated heterocycles. The smallest absolute Gasteiger partial charge is 0.0900 e.